The summed E-state index contributed by atoms with van der Waals surface area (Å²) < 4.78 is 0. The first kappa shape index (κ1) is 20.2. The van der Waals surface area contributed by atoms with Crippen LogP contribution in [0, 0.1) is 0 Å². The molecule has 2 aromatic rings. The molecular formula is C24H33NO. The summed E-state index contributed by atoms with van der Waals surface area (Å²) in [7, 11) is 2.13. The van der Waals surface area contributed by atoms with E-state index in [1.165, 1.54) is 69.0 Å². The van der Waals surface area contributed by atoms with Crippen LogP contribution in [0.15, 0.2) is 54.6 Å². The second kappa shape index (κ2) is 12.3. The third-order valence-electron chi connectivity index (χ3n) is 5.02. The van der Waals surface area contributed by atoms with Gasteiger partial charge in [0.2, 0.25) is 0 Å². The molecule has 2 heteroatoms. The van der Waals surface area contributed by atoms with Gasteiger partial charge in [0.05, 0.1) is 0 Å². The fraction of sp³-hybridized carbons (Fsp3) is 0.458. The lowest BCUT2D eigenvalue weighted by Gasteiger charge is -2.19. The van der Waals surface area contributed by atoms with Crippen LogP contribution in [0.5, 0.6) is 0 Å². The summed E-state index contributed by atoms with van der Waals surface area (Å²) in [6.07, 6.45) is 12.8. The van der Waals surface area contributed by atoms with Crippen LogP contribution in [0.25, 0.3) is 0 Å². The molecule has 0 aliphatic carbocycles. The molecule has 26 heavy (non-hydrogen) atoms. The predicted molar refractivity (Wildman–Crippen MR) is 112 cm³/mol. The number of carbonyl (C=O) groups is 1. The second-order valence-electron chi connectivity index (χ2n) is 7.19. The lowest BCUT2D eigenvalue weighted by molar-refractivity contribution is 0.112. The molecule has 0 saturated heterocycles. The van der Waals surface area contributed by atoms with E-state index in [0.717, 1.165) is 18.4 Å². The summed E-state index contributed by atoms with van der Waals surface area (Å²) in [5, 5.41) is 0. The van der Waals surface area contributed by atoms with Gasteiger partial charge in [-0.3, -0.25) is 4.79 Å². The summed E-state index contributed by atoms with van der Waals surface area (Å²) in [6.45, 7) is 1.08. The molecule has 0 aliphatic rings. The molecule has 0 atom stereocenters. The van der Waals surface area contributed by atoms with Crippen molar-refractivity contribution in [3.05, 3.63) is 65.7 Å². The maximum atomic E-state index is 10.7. The Morgan fingerprint density at radius 1 is 0.731 bits per heavy atom. The first-order chi connectivity index (χ1) is 12.8. The van der Waals surface area contributed by atoms with E-state index in [0.29, 0.717) is 0 Å². The number of hydrogen-bond acceptors (Lipinski definition) is 2. The molecule has 0 saturated carbocycles. The zero-order valence-corrected chi connectivity index (χ0v) is 16.2. The molecule has 0 heterocycles. The first-order valence-electron chi connectivity index (χ1n) is 10.1. The summed E-state index contributed by atoms with van der Waals surface area (Å²) in [5.74, 6) is 0. The predicted octanol–water partition coefficient (Wildman–Crippen LogP) is 6.30. The molecule has 0 spiro atoms. The number of anilines is 1. The Bertz CT molecular complexity index is 606. The average molecular weight is 352 g/mol. The van der Waals surface area contributed by atoms with Crippen LogP contribution < -0.4 is 4.90 Å². The number of nitrogens with zero attached hydrogens (tertiary/aromatic N) is 1. The lowest BCUT2D eigenvalue weighted by atomic mass is 10.0. The van der Waals surface area contributed by atoms with Gasteiger partial charge >= 0.3 is 0 Å². The van der Waals surface area contributed by atoms with Crippen molar-refractivity contribution in [1.82, 2.24) is 0 Å². The highest BCUT2D eigenvalue weighted by Crippen LogP contribution is 2.15. The molecular weight excluding hydrogens is 318 g/mol. The molecule has 0 unspecified atom stereocenters. The monoisotopic (exact) mass is 351 g/mol. The molecule has 0 bridgehead atoms. The Balaban J connectivity index is 1.43. The van der Waals surface area contributed by atoms with E-state index in [9.17, 15) is 4.79 Å². The number of benzene rings is 2. The Morgan fingerprint density at radius 3 is 1.92 bits per heavy atom. The molecule has 0 aliphatic heterocycles. The Hall–Kier alpha value is -2.09. The van der Waals surface area contributed by atoms with E-state index in [-0.39, 0.29) is 0 Å². The number of aryl methyl sites for hydroxylation is 1. The Labute approximate surface area is 159 Å². The topological polar surface area (TPSA) is 20.3 Å². The van der Waals surface area contributed by atoms with Crippen LogP contribution in [-0.4, -0.2) is 19.9 Å². The Kier molecular flexibility index (Phi) is 9.56. The number of rotatable bonds is 13. The summed E-state index contributed by atoms with van der Waals surface area (Å²) in [6, 6.07) is 18.6. The third-order valence-corrected chi connectivity index (χ3v) is 5.02. The zero-order chi connectivity index (χ0) is 18.5. The van der Waals surface area contributed by atoms with Crippen molar-refractivity contribution in [1.29, 1.82) is 0 Å². The van der Waals surface area contributed by atoms with E-state index in [4.69, 9.17) is 0 Å². The molecule has 0 fully saturated rings. The highest BCUT2D eigenvalue weighted by molar-refractivity contribution is 5.75. The van der Waals surface area contributed by atoms with Crippen LogP contribution >= 0.6 is 0 Å². The van der Waals surface area contributed by atoms with Gasteiger partial charge in [-0.2, -0.15) is 0 Å². The lowest BCUT2D eigenvalue weighted by Crippen LogP contribution is -2.18. The molecule has 0 aromatic heterocycles. The zero-order valence-electron chi connectivity index (χ0n) is 16.2. The van der Waals surface area contributed by atoms with E-state index >= 15 is 0 Å². The maximum Gasteiger partial charge on any atom is 0.150 e. The van der Waals surface area contributed by atoms with E-state index in [1.807, 2.05) is 24.3 Å². The van der Waals surface area contributed by atoms with Crippen LogP contribution in [0.1, 0.15) is 67.3 Å². The van der Waals surface area contributed by atoms with E-state index in [1.54, 1.807) is 0 Å². The van der Waals surface area contributed by atoms with Crippen molar-refractivity contribution < 1.29 is 4.79 Å². The minimum atomic E-state index is 0.742. The average Bonchev–Trinajstić information content (AvgIpc) is 2.70. The SMILES string of the molecule is CN(CCCCCCCCCCc1ccccc1)c1ccc(C=O)cc1. The highest BCUT2D eigenvalue weighted by Gasteiger charge is 2.01. The first-order valence-corrected chi connectivity index (χ1v) is 10.1. The Morgan fingerprint density at radius 2 is 1.31 bits per heavy atom. The third kappa shape index (κ3) is 7.86. The minimum absolute atomic E-state index is 0.742. The maximum absolute atomic E-state index is 10.7. The number of aldehydes is 1. The van der Waals surface area contributed by atoms with Crippen LogP contribution in [0.2, 0.25) is 0 Å². The molecule has 0 radical (unpaired) electrons. The van der Waals surface area contributed by atoms with Gasteiger partial charge in [-0.25, -0.2) is 0 Å². The second-order valence-corrected chi connectivity index (χ2v) is 7.19. The van der Waals surface area contributed by atoms with Gasteiger partial charge in [0.15, 0.2) is 0 Å². The molecule has 2 aromatic carbocycles. The largest absolute Gasteiger partial charge is 0.375 e. The van der Waals surface area contributed by atoms with Gasteiger partial charge < -0.3 is 4.90 Å². The number of hydrogen-bond donors (Lipinski definition) is 0. The smallest absolute Gasteiger partial charge is 0.150 e. The fourth-order valence-corrected chi connectivity index (χ4v) is 3.32. The van der Waals surface area contributed by atoms with E-state index in [2.05, 4.69) is 42.3 Å². The van der Waals surface area contributed by atoms with Gasteiger partial charge in [-0.05, 0) is 49.1 Å². The normalized spacial score (nSPS) is 10.7. The van der Waals surface area contributed by atoms with Gasteiger partial charge in [0, 0.05) is 24.8 Å². The van der Waals surface area contributed by atoms with Crippen molar-refractivity contribution in [2.24, 2.45) is 0 Å². The molecule has 0 amide bonds. The minimum Gasteiger partial charge on any atom is -0.375 e. The molecule has 140 valence electrons. The summed E-state index contributed by atoms with van der Waals surface area (Å²) >= 11 is 0. The van der Waals surface area contributed by atoms with Crippen molar-refractivity contribution >= 4 is 12.0 Å². The van der Waals surface area contributed by atoms with E-state index < -0.39 is 0 Å². The number of unbranched alkanes of at least 4 members (excludes halogenated alkanes) is 7. The standard InChI is InChI=1S/C24H33NO/c1-25(24-18-16-23(21-26)17-19-24)20-12-7-5-3-2-4-6-9-13-22-14-10-8-11-15-22/h8,10-11,14-19,21H,2-7,9,12-13,20H2,1H3. The molecule has 0 N–H and O–H groups in total. The van der Waals surface area contributed by atoms with Gasteiger partial charge in [0.1, 0.15) is 6.29 Å². The van der Waals surface area contributed by atoms with Crippen LogP contribution in [0.3, 0.4) is 0 Å². The van der Waals surface area contributed by atoms with Crippen molar-refractivity contribution in [3.63, 3.8) is 0 Å². The molecule has 2 nitrogen and oxygen atoms in total. The van der Waals surface area contributed by atoms with Crippen LogP contribution in [0.4, 0.5) is 5.69 Å². The highest BCUT2D eigenvalue weighted by atomic mass is 16.1. The van der Waals surface area contributed by atoms with Gasteiger partial charge in [0.25, 0.3) is 0 Å². The van der Waals surface area contributed by atoms with Crippen LogP contribution in [-0.2, 0) is 6.42 Å². The van der Waals surface area contributed by atoms with Crippen molar-refractivity contribution in [2.75, 3.05) is 18.5 Å². The fourth-order valence-electron chi connectivity index (χ4n) is 3.32. The number of carbonyl (C=O) groups excluding carboxylic acids is 1. The summed E-state index contributed by atoms with van der Waals surface area (Å²) in [4.78, 5) is 13.0. The van der Waals surface area contributed by atoms with Gasteiger partial charge in [-0.1, -0.05) is 68.9 Å². The molecule has 2 rings (SSSR count). The van der Waals surface area contributed by atoms with Crippen molar-refractivity contribution in [3.8, 4) is 0 Å². The summed E-state index contributed by atoms with van der Waals surface area (Å²) in [5.41, 5.74) is 3.40. The van der Waals surface area contributed by atoms with Crippen molar-refractivity contribution in [2.45, 2.75) is 57.8 Å². The quantitative estimate of drug-likeness (QED) is 0.312. The van der Waals surface area contributed by atoms with Gasteiger partial charge in [-0.15, -0.1) is 0 Å².